The molecule has 0 amide bonds. The number of likely N-dealkylation sites (N-methyl/N-ethyl adjacent to an activating group) is 1. The molecule has 0 radical (unpaired) electrons. The molecule has 3 nitrogen and oxygen atoms in total. The smallest absolute Gasteiger partial charge is 0.336 e. The quantitative estimate of drug-likeness (QED) is 0.600. The lowest BCUT2D eigenvalue weighted by atomic mass is 10.0. The van der Waals surface area contributed by atoms with Crippen molar-refractivity contribution in [2.24, 2.45) is 0 Å². The number of esters is 1. The summed E-state index contributed by atoms with van der Waals surface area (Å²) in [7, 11) is 3.92. The monoisotopic (exact) mass is 321 g/mol. The normalized spacial score (nSPS) is 10.7. The second-order valence-electron chi connectivity index (χ2n) is 4.77. The molecule has 0 atom stereocenters. The van der Waals surface area contributed by atoms with Gasteiger partial charge in [-0.1, -0.05) is 12.1 Å². The zero-order chi connectivity index (χ0) is 15.2. The first kappa shape index (κ1) is 15.9. The van der Waals surface area contributed by atoms with Crippen molar-refractivity contribution in [1.29, 1.82) is 0 Å². The molecule has 0 spiro atoms. The molecular weight excluding hydrogens is 302 g/mol. The van der Waals surface area contributed by atoms with Gasteiger partial charge >= 0.3 is 5.97 Å². The first-order valence-corrected chi connectivity index (χ1v) is 8.52. The van der Waals surface area contributed by atoms with Crippen molar-refractivity contribution in [2.75, 3.05) is 27.2 Å². The summed E-state index contributed by atoms with van der Waals surface area (Å²) in [5, 5.41) is 4.06. The minimum Gasteiger partial charge on any atom is -0.463 e. The molecule has 2 heterocycles. The van der Waals surface area contributed by atoms with Crippen LogP contribution in [0.4, 0.5) is 0 Å². The van der Waals surface area contributed by atoms with E-state index in [1.807, 2.05) is 48.8 Å². The molecule has 5 heteroatoms. The van der Waals surface area contributed by atoms with Crippen LogP contribution in [0.15, 0.2) is 40.6 Å². The van der Waals surface area contributed by atoms with Crippen LogP contribution in [0.1, 0.15) is 16.7 Å². The summed E-state index contributed by atoms with van der Waals surface area (Å²) < 4.78 is 5.27. The molecule has 112 valence electrons. The van der Waals surface area contributed by atoms with Crippen molar-refractivity contribution in [2.45, 2.75) is 6.92 Å². The average Bonchev–Trinajstić information content (AvgIpc) is 3.10. The van der Waals surface area contributed by atoms with E-state index in [1.165, 1.54) is 0 Å². The van der Waals surface area contributed by atoms with Crippen molar-refractivity contribution < 1.29 is 9.53 Å². The zero-order valence-electron chi connectivity index (χ0n) is 12.5. The summed E-state index contributed by atoms with van der Waals surface area (Å²) >= 11 is 3.29. The van der Waals surface area contributed by atoms with Crippen LogP contribution in [0.5, 0.6) is 0 Å². The predicted molar refractivity (Wildman–Crippen MR) is 89.8 cm³/mol. The summed E-state index contributed by atoms with van der Waals surface area (Å²) in [5.74, 6) is -0.233. The zero-order valence-corrected chi connectivity index (χ0v) is 14.1. The van der Waals surface area contributed by atoms with Gasteiger partial charge in [0.25, 0.3) is 0 Å². The standard InChI is InChI=1S/C16H19NO2S2/c1-4-19-16(18)12(11-17(2)3)15(13-7-5-9-20-13)14-8-6-10-21-14/h5-10H,4,11H2,1-3H3. The van der Waals surface area contributed by atoms with E-state index >= 15 is 0 Å². The number of rotatable bonds is 6. The number of thiophene rings is 2. The number of ether oxygens (including phenoxy) is 1. The first-order valence-electron chi connectivity index (χ1n) is 6.76. The molecule has 0 N–H and O–H groups in total. The van der Waals surface area contributed by atoms with Gasteiger partial charge in [-0.2, -0.15) is 0 Å². The van der Waals surface area contributed by atoms with Gasteiger partial charge in [-0.3, -0.25) is 0 Å². The molecule has 0 aliphatic rings. The molecule has 0 unspecified atom stereocenters. The molecule has 0 saturated carbocycles. The minimum absolute atomic E-state index is 0.233. The number of hydrogen-bond acceptors (Lipinski definition) is 5. The highest BCUT2D eigenvalue weighted by Crippen LogP contribution is 2.33. The van der Waals surface area contributed by atoms with Gasteiger partial charge in [0.2, 0.25) is 0 Å². The third-order valence-electron chi connectivity index (χ3n) is 2.83. The Morgan fingerprint density at radius 2 is 1.71 bits per heavy atom. The number of hydrogen-bond donors (Lipinski definition) is 0. The second kappa shape index (κ2) is 7.54. The highest BCUT2D eigenvalue weighted by molar-refractivity contribution is 7.13. The fourth-order valence-electron chi connectivity index (χ4n) is 2.04. The van der Waals surface area contributed by atoms with Crippen molar-refractivity contribution in [3.8, 4) is 0 Å². The Labute approximate surface area is 133 Å². The van der Waals surface area contributed by atoms with E-state index < -0.39 is 0 Å². The molecular formula is C16H19NO2S2. The third-order valence-corrected chi connectivity index (χ3v) is 4.61. The Morgan fingerprint density at radius 1 is 1.14 bits per heavy atom. The molecule has 0 aliphatic carbocycles. The Hall–Kier alpha value is -1.43. The fraction of sp³-hybridized carbons (Fsp3) is 0.312. The predicted octanol–water partition coefficient (Wildman–Crippen LogP) is 3.74. The molecule has 21 heavy (non-hydrogen) atoms. The van der Waals surface area contributed by atoms with Gasteiger partial charge in [-0.05, 0) is 43.9 Å². The summed E-state index contributed by atoms with van der Waals surface area (Å²) in [6.45, 7) is 2.78. The molecule has 0 saturated heterocycles. The van der Waals surface area contributed by atoms with Crippen LogP contribution >= 0.6 is 22.7 Å². The molecule has 2 aromatic heterocycles. The molecule has 2 rings (SSSR count). The fourth-order valence-corrected chi connectivity index (χ4v) is 3.73. The van der Waals surface area contributed by atoms with Gasteiger partial charge < -0.3 is 9.64 Å². The van der Waals surface area contributed by atoms with E-state index in [1.54, 1.807) is 22.7 Å². The van der Waals surface area contributed by atoms with Gasteiger partial charge in [-0.25, -0.2) is 4.79 Å². The maximum Gasteiger partial charge on any atom is 0.336 e. The maximum atomic E-state index is 12.4. The van der Waals surface area contributed by atoms with Crippen molar-refractivity contribution >= 4 is 34.2 Å². The van der Waals surface area contributed by atoms with Gasteiger partial charge in [0.1, 0.15) is 0 Å². The Bertz CT molecular complexity index is 562. The lowest BCUT2D eigenvalue weighted by Gasteiger charge is -2.16. The molecule has 2 aromatic rings. The molecule has 0 bridgehead atoms. The van der Waals surface area contributed by atoms with E-state index in [2.05, 4.69) is 12.1 Å². The Kier molecular flexibility index (Phi) is 5.73. The Morgan fingerprint density at radius 3 is 2.10 bits per heavy atom. The number of carbonyl (C=O) groups is 1. The SMILES string of the molecule is CCOC(=O)C(CN(C)C)=C(c1cccs1)c1cccs1. The third kappa shape index (κ3) is 4.03. The van der Waals surface area contributed by atoms with Crippen LogP contribution in [0.2, 0.25) is 0 Å². The van der Waals surface area contributed by atoms with Gasteiger partial charge in [0.15, 0.2) is 0 Å². The lowest BCUT2D eigenvalue weighted by Crippen LogP contribution is -2.22. The van der Waals surface area contributed by atoms with Crippen LogP contribution in [-0.2, 0) is 9.53 Å². The number of nitrogens with zero attached hydrogens (tertiary/aromatic N) is 1. The summed E-state index contributed by atoms with van der Waals surface area (Å²) in [6.07, 6.45) is 0. The van der Waals surface area contributed by atoms with Crippen molar-refractivity contribution in [3.05, 3.63) is 50.4 Å². The van der Waals surface area contributed by atoms with E-state index in [0.717, 1.165) is 15.3 Å². The first-order chi connectivity index (χ1) is 10.1. The van der Waals surface area contributed by atoms with Gasteiger partial charge in [0, 0.05) is 21.9 Å². The van der Waals surface area contributed by atoms with Gasteiger partial charge in [0.05, 0.1) is 12.2 Å². The highest BCUT2D eigenvalue weighted by atomic mass is 32.1. The largest absolute Gasteiger partial charge is 0.463 e. The molecule has 0 aromatic carbocycles. The summed E-state index contributed by atoms with van der Waals surface area (Å²) in [4.78, 5) is 16.6. The van der Waals surface area contributed by atoms with E-state index in [-0.39, 0.29) is 5.97 Å². The topological polar surface area (TPSA) is 29.5 Å². The van der Waals surface area contributed by atoms with E-state index in [4.69, 9.17) is 4.74 Å². The molecule has 0 aliphatic heterocycles. The Balaban J connectivity index is 2.57. The number of carbonyl (C=O) groups excluding carboxylic acids is 1. The van der Waals surface area contributed by atoms with Crippen LogP contribution in [-0.4, -0.2) is 38.1 Å². The van der Waals surface area contributed by atoms with Crippen molar-refractivity contribution in [3.63, 3.8) is 0 Å². The van der Waals surface area contributed by atoms with E-state index in [0.29, 0.717) is 18.7 Å². The average molecular weight is 321 g/mol. The second-order valence-corrected chi connectivity index (χ2v) is 6.66. The van der Waals surface area contributed by atoms with Crippen LogP contribution in [0.25, 0.3) is 5.57 Å². The molecule has 0 fully saturated rings. The van der Waals surface area contributed by atoms with Crippen LogP contribution in [0.3, 0.4) is 0 Å². The minimum atomic E-state index is -0.233. The lowest BCUT2D eigenvalue weighted by molar-refractivity contribution is -0.138. The van der Waals surface area contributed by atoms with Gasteiger partial charge in [-0.15, -0.1) is 22.7 Å². The maximum absolute atomic E-state index is 12.4. The van der Waals surface area contributed by atoms with E-state index in [9.17, 15) is 4.79 Å². The highest BCUT2D eigenvalue weighted by Gasteiger charge is 2.21. The van der Waals surface area contributed by atoms with Crippen LogP contribution < -0.4 is 0 Å². The summed E-state index contributed by atoms with van der Waals surface area (Å²) in [5.41, 5.74) is 1.71. The van der Waals surface area contributed by atoms with Crippen LogP contribution in [0, 0.1) is 0 Å². The summed E-state index contributed by atoms with van der Waals surface area (Å²) in [6, 6.07) is 8.11. The van der Waals surface area contributed by atoms with Crippen molar-refractivity contribution in [1.82, 2.24) is 4.90 Å².